The second kappa shape index (κ2) is 3.88. The molecule has 1 amide bonds. The minimum Gasteiger partial charge on any atom is -0.452 e. The van der Waals surface area contributed by atoms with Crippen molar-refractivity contribution < 1.29 is 9.53 Å². The summed E-state index contributed by atoms with van der Waals surface area (Å²) in [5, 5.41) is 3.59. The molecule has 0 unspecified atom stereocenters. The van der Waals surface area contributed by atoms with Gasteiger partial charge in [-0.15, -0.1) is 0 Å². The Hall–Kier alpha value is -1.06. The van der Waals surface area contributed by atoms with E-state index in [1.54, 1.807) is 13.8 Å². The van der Waals surface area contributed by atoms with Crippen molar-refractivity contribution in [1.29, 1.82) is 0 Å². The van der Waals surface area contributed by atoms with Gasteiger partial charge in [-0.3, -0.25) is 0 Å². The van der Waals surface area contributed by atoms with Crippen LogP contribution in [-0.4, -0.2) is 18.9 Å². The van der Waals surface area contributed by atoms with Gasteiger partial charge in [0.25, 0.3) is 0 Å². The molecule has 0 saturated carbocycles. The molecule has 1 N–H and O–H groups in total. The molecule has 52 valence electrons. The first-order valence-corrected chi connectivity index (χ1v) is 2.51. The van der Waals surface area contributed by atoms with Crippen LogP contribution < -0.4 is 5.43 Å². The fourth-order valence-electron chi connectivity index (χ4n) is 0.203. The van der Waals surface area contributed by atoms with E-state index < -0.39 is 6.09 Å². The van der Waals surface area contributed by atoms with Crippen LogP contribution in [0.4, 0.5) is 4.79 Å². The van der Waals surface area contributed by atoms with Crippen LogP contribution in [0.3, 0.4) is 0 Å². The fraction of sp³-hybridized carbons (Fsp3) is 0.600. The highest BCUT2D eigenvalue weighted by Gasteiger charge is 1.91. The molecule has 0 rings (SSSR count). The van der Waals surface area contributed by atoms with Gasteiger partial charge in [0.15, 0.2) is 0 Å². The number of amides is 1. The summed E-state index contributed by atoms with van der Waals surface area (Å²) >= 11 is 0. The standard InChI is InChI=1S/C5H10N2O2/c1-4(2)6-7-5(8)9-3/h1-3H3,(H,7,8). The molecular formula is C5H10N2O2. The Labute approximate surface area is 53.9 Å². The average molecular weight is 130 g/mol. The number of hydrazone groups is 1. The molecule has 0 heterocycles. The van der Waals surface area contributed by atoms with E-state index in [0.29, 0.717) is 0 Å². The number of methoxy groups -OCH3 is 1. The topological polar surface area (TPSA) is 50.7 Å². The summed E-state index contributed by atoms with van der Waals surface area (Å²) in [5.74, 6) is 0. The Morgan fingerprint density at radius 3 is 2.44 bits per heavy atom. The summed E-state index contributed by atoms with van der Waals surface area (Å²) in [5.41, 5.74) is 2.94. The summed E-state index contributed by atoms with van der Waals surface area (Å²) in [7, 11) is 1.29. The number of carbonyl (C=O) groups excluding carboxylic acids is 1. The third-order valence-electron chi connectivity index (χ3n) is 0.556. The van der Waals surface area contributed by atoms with Crippen molar-refractivity contribution in [2.45, 2.75) is 13.8 Å². The van der Waals surface area contributed by atoms with Gasteiger partial charge in [0.05, 0.1) is 7.11 Å². The minimum atomic E-state index is -0.545. The minimum absolute atomic E-state index is 0.545. The largest absolute Gasteiger partial charge is 0.452 e. The molecule has 0 bridgehead atoms. The predicted octanol–water partition coefficient (Wildman–Crippen LogP) is 0.738. The van der Waals surface area contributed by atoms with E-state index in [2.05, 4.69) is 15.3 Å². The van der Waals surface area contributed by atoms with Gasteiger partial charge in [0, 0.05) is 5.71 Å². The monoisotopic (exact) mass is 130 g/mol. The number of hydrogen-bond donors (Lipinski definition) is 1. The Morgan fingerprint density at radius 1 is 1.56 bits per heavy atom. The quantitative estimate of drug-likeness (QED) is 0.420. The van der Waals surface area contributed by atoms with Gasteiger partial charge in [0.1, 0.15) is 0 Å². The molecule has 0 saturated heterocycles. The lowest BCUT2D eigenvalue weighted by molar-refractivity contribution is 0.171. The first-order valence-electron chi connectivity index (χ1n) is 2.51. The Bertz CT molecular complexity index is 127. The van der Waals surface area contributed by atoms with Crippen molar-refractivity contribution in [2.24, 2.45) is 5.10 Å². The highest BCUT2D eigenvalue weighted by molar-refractivity contribution is 5.80. The van der Waals surface area contributed by atoms with Crippen molar-refractivity contribution in [3.63, 3.8) is 0 Å². The van der Waals surface area contributed by atoms with Crippen LogP contribution in [0.2, 0.25) is 0 Å². The van der Waals surface area contributed by atoms with E-state index in [9.17, 15) is 4.79 Å². The van der Waals surface area contributed by atoms with Gasteiger partial charge in [0.2, 0.25) is 0 Å². The van der Waals surface area contributed by atoms with Gasteiger partial charge in [-0.1, -0.05) is 0 Å². The molecule has 0 aromatic carbocycles. The second-order valence-electron chi connectivity index (χ2n) is 1.66. The first-order chi connectivity index (χ1) is 4.16. The molecular weight excluding hydrogens is 120 g/mol. The lowest BCUT2D eigenvalue weighted by Gasteiger charge is -1.94. The second-order valence-corrected chi connectivity index (χ2v) is 1.66. The smallest absolute Gasteiger partial charge is 0.427 e. The van der Waals surface area contributed by atoms with Gasteiger partial charge in [-0.05, 0) is 13.8 Å². The number of ether oxygens (including phenoxy) is 1. The van der Waals surface area contributed by atoms with Gasteiger partial charge in [-0.25, -0.2) is 10.2 Å². The average Bonchev–Trinajstić information content (AvgIpc) is 1.83. The van der Waals surface area contributed by atoms with E-state index >= 15 is 0 Å². The zero-order valence-electron chi connectivity index (χ0n) is 5.76. The van der Waals surface area contributed by atoms with E-state index in [0.717, 1.165) is 5.71 Å². The molecule has 0 spiro atoms. The van der Waals surface area contributed by atoms with Crippen LogP contribution in [0.5, 0.6) is 0 Å². The summed E-state index contributed by atoms with van der Waals surface area (Å²) in [6, 6.07) is 0. The van der Waals surface area contributed by atoms with E-state index in [1.807, 2.05) is 0 Å². The lowest BCUT2D eigenvalue weighted by atomic mass is 10.5. The maximum Gasteiger partial charge on any atom is 0.427 e. The van der Waals surface area contributed by atoms with Crippen LogP contribution >= 0.6 is 0 Å². The summed E-state index contributed by atoms with van der Waals surface area (Å²) < 4.78 is 4.24. The van der Waals surface area contributed by atoms with Gasteiger partial charge in [-0.2, -0.15) is 5.10 Å². The van der Waals surface area contributed by atoms with E-state index in [1.165, 1.54) is 7.11 Å². The zero-order valence-corrected chi connectivity index (χ0v) is 5.76. The molecule has 0 radical (unpaired) electrons. The summed E-state index contributed by atoms with van der Waals surface area (Å²) in [6.07, 6.45) is -0.545. The van der Waals surface area contributed by atoms with Gasteiger partial charge < -0.3 is 4.74 Å². The van der Waals surface area contributed by atoms with E-state index in [-0.39, 0.29) is 0 Å². The van der Waals surface area contributed by atoms with Crippen LogP contribution in [0.25, 0.3) is 0 Å². The molecule has 4 heteroatoms. The third kappa shape index (κ3) is 4.80. The van der Waals surface area contributed by atoms with Crippen LogP contribution in [-0.2, 0) is 4.74 Å². The molecule has 9 heavy (non-hydrogen) atoms. The number of nitrogens with zero attached hydrogens (tertiary/aromatic N) is 1. The normalized spacial score (nSPS) is 7.89. The molecule has 0 fully saturated rings. The van der Waals surface area contributed by atoms with Crippen molar-refractivity contribution in [2.75, 3.05) is 7.11 Å². The predicted molar refractivity (Wildman–Crippen MR) is 34.3 cm³/mol. The molecule has 0 aliphatic heterocycles. The maximum atomic E-state index is 10.3. The van der Waals surface area contributed by atoms with Crippen molar-refractivity contribution in [3.05, 3.63) is 0 Å². The molecule has 0 aromatic rings. The lowest BCUT2D eigenvalue weighted by Crippen LogP contribution is -2.17. The molecule has 0 aliphatic rings. The number of hydrogen-bond acceptors (Lipinski definition) is 3. The van der Waals surface area contributed by atoms with Crippen LogP contribution in [0, 0.1) is 0 Å². The van der Waals surface area contributed by atoms with E-state index in [4.69, 9.17) is 0 Å². The van der Waals surface area contributed by atoms with Crippen molar-refractivity contribution >= 4 is 11.8 Å². The SMILES string of the molecule is COC(=O)NN=C(C)C. The van der Waals surface area contributed by atoms with Crippen molar-refractivity contribution in [3.8, 4) is 0 Å². The van der Waals surface area contributed by atoms with Crippen LogP contribution in [0.1, 0.15) is 13.8 Å². The summed E-state index contributed by atoms with van der Waals surface area (Å²) in [6.45, 7) is 3.55. The third-order valence-corrected chi connectivity index (χ3v) is 0.556. The molecule has 0 aromatic heterocycles. The Balaban J connectivity index is 3.50. The fourth-order valence-corrected chi connectivity index (χ4v) is 0.203. The summed E-state index contributed by atoms with van der Waals surface area (Å²) in [4.78, 5) is 10.3. The molecule has 0 aliphatic carbocycles. The van der Waals surface area contributed by atoms with Gasteiger partial charge >= 0.3 is 6.09 Å². The number of rotatable bonds is 1. The highest BCUT2D eigenvalue weighted by Crippen LogP contribution is 1.72. The molecule has 0 atom stereocenters. The van der Waals surface area contributed by atoms with Crippen LogP contribution in [0.15, 0.2) is 5.10 Å². The molecule has 4 nitrogen and oxygen atoms in total. The maximum absolute atomic E-state index is 10.3. The first kappa shape index (κ1) is 7.94. The zero-order chi connectivity index (χ0) is 7.28. The van der Waals surface area contributed by atoms with Crippen molar-refractivity contribution in [1.82, 2.24) is 5.43 Å². The Kier molecular flexibility index (Phi) is 3.43. The number of nitrogens with one attached hydrogen (secondary N) is 1. The number of carbonyl (C=O) groups is 1. The Morgan fingerprint density at radius 2 is 2.11 bits per heavy atom. The highest BCUT2D eigenvalue weighted by atomic mass is 16.5.